The molecular weight excluding hydrogens is 342 g/mol. The second-order valence-electron chi connectivity index (χ2n) is 5.97. The van der Waals surface area contributed by atoms with Gasteiger partial charge in [0, 0.05) is 11.8 Å². The molecule has 6 nitrogen and oxygen atoms in total. The number of benzene rings is 2. The van der Waals surface area contributed by atoms with Crippen molar-refractivity contribution in [1.82, 2.24) is 9.97 Å². The Morgan fingerprint density at radius 1 is 1.11 bits per heavy atom. The summed E-state index contributed by atoms with van der Waals surface area (Å²) >= 11 is 0. The van der Waals surface area contributed by atoms with Gasteiger partial charge in [-0.2, -0.15) is 4.98 Å². The van der Waals surface area contributed by atoms with Gasteiger partial charge in [0.2, 0.25) is 11.8 Å². The molecule has 0 bridgehead atoms. The second kappa shape index (κ2) is 7.29. The summed E-state index contributed by atoms with van der Waals surface area (Å²) < 4.78 is 11.1. The van der Waals surface area contributed by atoms with Crippen LogP contribution >= 0.6 is 0 Å². The van der Waals surface area contributed by atoms with Crippen LogP contribution in [-0.4, -0.2) is 23.0 Å². The second-order valence-corrected chi connectivity index (χ2v) is 5.97. The fraction of sp³-hybridized carbons (Fsp3) is 0.0952. The van der Waals surface area contributed by atoms with Crippen LogP contribution in [0.5, 0.6) is 5.75 Å². The number of hydrogen-bond donors (Lipinski definition) is 1. The number of nitrogens with one attached hydrogen (secondary N) is 1. The lowest BCUT2D eigenvalue weighted by Crippen LogP contribution is -2.15. The zero-order valence-electron chi connectivity index (χ0n) is 14.7. The third-order valence-corrected chi connectivity index (χ3v) is 4.09. The minimum Gasteiger partial charge on any atom is -0.495 e. The number of carbonyl (C=O) groups excluding carboxylic acids is 1. The van der Waals surface area contributed by atoms with Gasteiger partial charge in [0.25, 0.3) is 0 Å². The molecular formula is C21H17N3O3. The van der Waals surface area contributed by atoms with Crippen LogP contribution in [0, 0.1) is 0 Å². The molecule has 2 aromatic heterocycles. The maximum Gasteiger partial charge on any atom is 0.228 e. The topological polar surface area (TPSA) is 77.2 Å². The Kier molecular flexibility index (Phi) is 4.53. The molecule has 27 heavy (non-hydrogen) atoms. The number of nitrogens with zero attached hydrogens (tertiary/aromatic N) is 2. The number of methoxy groups -OCH3 is 1. The lowest BCUT2D eigenvalue weighted by molar-refractivity contribution is -0.115. The van der Waals surface area contributed by atoms with E-state index < -0.39 is 0 Å². The van der Waals surface area contributed by atoms with Crippen molar-refractivity contribution < 1.29 is 13.9 Å². The third-order valence-electron chi connectivity index (χ3n) is 4.09. The Balaban J connectivity index is 1.61. The van der Waals surface area contributed by atoms with E-state index in [0.717, 1.165) is 11.1 Å². The first kappa shape index (κ1) is 16.8. The molecule has 0 aliphatic heterocycles. The molecule has 0 unspecified atom stereocenters. The number of amides is 1. The minimum atomic E-state index is -0.129. The average Bonchev–Trinajstić information content (AvgIpc) is 3.13. The van der Waals surface area contributed by atoms with Gasteiger partial charge in [-0.15, -0.1) is 0 Å². The molecule has 0 fully saturated rings. The first-order valence-corrected chi connectivity index (χ1v) is 8.46. The molecule has 0 atom stereocenters. The van der Waals surface area contributed by atoms with E-state index in [1.54, 1.807) is 31.5 Å². The zero-order chi connectivity index (χ0) is 18.6. The summed E-state index contributed by atoms with van der Waals surface area (Å²) in [6.45, 7) is 0. The quantitative estimate of drug-likeness (QED) is 0.581. The van der Waals surface area contributed by atoms with Gasteiger partial charge in [-0.05, 0) is 35.9 Å². The fourth-order valence-electron chi connectivity index (χ4n) is 2.81. The number of rotatable bonds is 5. The summed E-state index contributed by atoms with van der Waals surface area (Å²) in [5.74, 6) is 0.871. The number of aromatic nitrogens is 2. The van der Waals surface area contributed by atoms with Crippen molar-refractivity contribution in [2.45, 2.75) is 6.42 Å². The summed E-state index contributed by atoms with van der Waals surface area (Å²) in [6, 6.07) is 18.6. The van der Waals surface area contributed by atoms with E-state index in [9.17, 15) is 4.79 Å². The molecule has 0 aliphatic carbocycles. The van der Waals surface area contributed by atoms with Gasteiger partial charge in [0.05, 0.1) is 19.2 Å². The van der Waals surface area contributed by atoms with Crippen LogP contribution in [0.4, 0.5) is 5.69 Å². The van der Waals surface area contributed by atoms with Crippen molar-refractivity contribution >= 4 is 22.8 Å². The number of pyridine rings is 1. The van der Waals surface area contributed by atoms with Gasteiger partial charge in [0.15, 0.2) is 11.2 Å². The van der Waals surface area contributed by atoms with E-state index in [-0.39, 0.29) is 12.3 Å². The molecule has 0 aliphatic rings. The Morgan fingerprint density at radius 2 is 1.96 bits per heavy atom. The van der Waals surface area contributed by atoms with Crippen molar-refractivity contribution in [2.24, 2.45) is 0 Å². The number of fused-ring (bicyclic) bond motifs is 1. The maximum absolute atomic E-state index is 12.4. The Bertz CT molecular complexity index is 1060. The van der Waals surface area contributed by atoms with Crippen molar-refractivity contribution in [3.8, 4) is 17.2 Å². The number of ether oxygens (including phenoxy) is 1. The van der Waals surface area contributed by atoms with Crippen molar-refractivity contribution in [1.29, 1.82) is 0 Å². The van der Waals surface area contributed by atoms with Crippen LogP contribution in [0.2, 0.25) is 0 Å². The van der Waals surface area contributed by atoms with Gasteiger partial charge < -0.3 is 14.5 Å². The number of hydrogen-bond acceptors (Lipinski definition) is 5. The molecule has 4 rings (SSSR count). The van der Waals surface area contributed by atoms with Crippen LogP contribution in [0.15, 0.2) is 71.3 Å². The first-order valence-electron chi connectivity index (χ1n) is 8.46. The maximum atomic E-state index is 12.4. The molecule has 2 heterocycles. The van der Waals surface area contributed by atoms with Gasteiger partial charge in [-0.3, -0.25) is 4.79 Å². The molecule has 0 saturated heterocycles. The fourth-order valence-corrected chi connectivity index (χ4v) is 2.81. The van der Waals surface area contributed by atoms with E-state index in [1.807, 2.05) is 42.5 Å². The highest BCUT2D eigenvalue weighted by atomic mass is 16.5. The highest BCUT2D eigenvalue weighted by Crippen LogP contribution is 2.31. The van der Waals surface area contributed by atoms with Crippen LogP contribution in [0.25, 0.3) is 22.7 Å². The number of oxazole rings is 1. The van der Waals surface area contributed by atoms with E-state index in [2.05, 4.69) is 15.3 Å². The molecule has 6 heteroatoms. The highest BCUT2D eigenvalue weighted by Gasteiger charge is 2.14. The van der Waals surface area contributed by atoms with Crippen LogP contribution in [0.3, 0.4) is 0 Å². The summed E-state index contributed by atoms with van der Waals surface area (Å²) in [5.41, 5.74) is 3.38. The van der Waals surface area contributed by atoms with Gasteiger partial charge in [-0.1, -0.05) is 30.3 Å². The monoisotopic (exact) mass is 359 g/mol. The Morgan fingerprint density at radius 3 is 2.74 bits per heavy atom. The number of carbonyl (C=O) groups is 1. The Hall–Kier alpha value is -3.67. The standard InChI is InChI=1S/C21H17N3O3/c1-26-17-10-9-15(21-24-20-18(27-21)8-5-11-22-20)13-16(17)23-19(25)12-14-6-3-2-4-7-14/h2-11,13H,12H2,1H3,(H,23,25). The molecule has 0 saturated carbocycles. The molecule has 1 amide bonds. The zero-order valence-corrected chi connectivity index (χ0v) is 14.7. The van der Waals surface area contributed by atoms with Crippen molar-refractivity contribution in [2.75, 3.05) is 12.4 Å². The number of anilines is 1. The smallest absolute Gasteiger partial charge is 0.228 e. The highest BCUT2D eigenvalue weighted by molar-refractivity contribution is 5.94. The van der Waals surface area contributed by atoms with Crippen LogP contribution in [0.1, 0.15) is 5.56 Å². The van der Waals surface area contributed by atoms with Crippen LogP contribution < -0.4 is 10.1 Å². The van der Waals surface area contributed by atoms with E-state index >= 15 is 0 Å². The summed E-state index contributed by atoms with van der Waals surface area (Å²) in [7, 11) is 1.56. The molecule has 4 aromatic rings. The molecule has 0 radical (unpaired) electrons. The van der Waals surface area contributed by atoms with Gasteiger partial charge >= 0.3 is 0 Å². The average molecular weight is 359 g/mol. The normalized spacial score (nSPS) is 10.7. The van der Waals surface area contributed by atoms with E-state index in [4.69, 9.17) is 9.15 Å². The van der Waals surface area contributed by atoms with Crippen molar-refractivity contribution in [3.63, 3.8) is 0 Å². The molecule has 0 spiro atoms. The lowest BCUT2D eigenvalue weighted by atomic mass is 10.1. The third kappa shape index (κ3) is 3.64. The SMILES string of the molecule is COc1ccc(-c2nc3ncccc3o2)cc1NC(=O)Cc1ccccc1. The lowest BCUT2D eigenvalue weighted by Gasteiger charge is -2.11. The first-order chi connectivity index (χ1) is 13.2. The summed E-state index contributed by atoms with van der Waals surface area (Å²) in [6.07, 6.45) is 1.94. The van der Waals surface area contributed by atoms with E-state index in [0.29, 0.717) is 28.6 Å². The predicted octanol–water partition coefficient (Wildman–Crippen LogP) is 4.08. The van der Waals surface area contributed by atoms with Gasteiger partial charge in [0.1, 0.15) is 5.75 Å². The summed E-state index contributed by atoms with van der Waals surface area (Å²) in [4.78, 5) is 21.0. The molecule has 134 valence electrons. The largest absolute Gasteiger partial charge is 0.495 e. The minimum absolute atomic E-state index is 0.129. The Labute approximate surface area is 155 Å². The van der Waals surface area contributed by atoms with Gasteiger partial charge in [-0.25, -0.2) is 4.98 Å². The van der Waals surface area contributed by atoms with Crippen LogP contribution in [-0.2, 0) is 11.2 Å². The summed E-state index contributed by atoms with van der Waals surface area (Å²) in [5, 5.41) is 2.90. The molecule has 2 aromatic carbocycles. The molecule has 1 N–H and O–H groups in total. The predicted molar refractivity (Wildman–Crippen MR) is 103 cm³/mol. The van der Waals surface area contributed by atoms with Crippen molar-refractivity contribution in [3.05, 3.63) is 72.4 Å². The van der Waals surface area contributed by atoms with E-state index in [1.165, 1.54) is 0 Å².